The first kappa shape index (κ1) is 98.2. The van der Waals surface area contributed by atoms with Gasteiger partial charge in [-0.3, -0.25) is 19.2 Å². The van der Waals surface area contributed by atoms with Crippen LogP contribution in [0.2, 0.25) is 0 Å². The topological polar surface area (TPSA) is 502 Å². The van der Waals surface area contributed by atoms with E-state index in [1.807, 2.05) is 13.8 Å². The van der Waals surface area contributed by atoms with Crippen molar-refractivity contribution in [3.8, 4) is 0 Å². The fourth-order valence-corrected chi connectivity index (χ4v) is 24.0. The quantitative estimate of drug-likeness (QED) is 0.0687. The first-order chi connectivity index (χ1) is 56.8. The molecule has 34 nitrogen and oxygen atoms in total. The summed E-state index contributed by atoms with van der Waals surface area (Å²) in [6.45, 7) is 42.4. The molecule has 34 heteroatoms. The molecule has 38 atom stereocenters. The van der Waals surface area contributed by atoms with E-state index in [4.69, 9.17) is 66.3 Å². The lowest BCUT2D eigenvalue weighted by molar-refractivity contribution is -0.384. The van der Waals surface area contributed by atoms with Crippen LogP contribution in [0.3, 0.4) is 0 Å². The molecule has 0 aromatic heterocycles. The van der Waals surface area contributed by atoms with E-state index in [0.29, 0.717) is 36.8 Å². The van der Waals surface area contributed by atoms with Crippen LogP contribution in [0, 0.1) is 82.9 Å². The van der Waals surface area contributed by atoms with Crippen molar-refractivity contribution in [1.82, 2.24) is 0 Å². The van der Waals surface area contributed by atoms with Crippen molar-refractivity contribution in [2.75, 3.05) is 0 Å². The Morgan fingerprint density at radius 1 is 0.419 bits per heavy atom. The van der Waals surface area contributed by atoms with Crippen molar-refractivity contribution in [3.63, 3.8) is 0 Å². The van der Waals surface area contributed by atoms with Crippen LogP contribution in [0.4, 0.5) is 0 Å². The van der Waals surface area contributed by atoms with Gasteiger partial charge in [0.05, 0.1) is 47.5 Å². The van der Waals surface area contributed by atoms with Crippen LogP contribution in [0.15, 0.2) is 23.3 Å². The number of rotatable bonds is 12. The van der Waals surface area contributed by atoms with Crippen molar-refractivity contribution < 1.29 is 165 Å². The molecule has 6 aliphatic heterocycles. The van der Waals surface area contributed by atoms with E-state index in [-0.39, 0.29) is 74.0 Å². The summed E-state index contributed by atoms with van der Waals surface area (Å²) in [5.41, 5.74) is -20.2. The predicted molar refractivity (Wildman–Crippen MR) is 430 cm³/mol. The third kappa shape index (κ3) is 15.4. The number of allylic oxidation sites excluding steroid dienone is 2. The molecule has 0 unspecified atom stereocenters. The standard InChI is InChI=1S/2C27H40O10.2C18H28O7/c2*1-9-13(3)22(29)34-18-11-17-20(15(18)5)21-27(33,26(8,32)24(31)36-21)19(35-23(30)14(4)10-2)12-25(17,7)37-16(6)28;2*1-8-10(19)6-9-12(8)13-18(22)11(7-16(9,4)21)24-15(2,3)25-17(18,5)14(20)23-13/h2*9,14-15,17-21,32-33H,10-12H2,1-8H3;2*8-13,19,21-22H,6-7H2,1-5H3/b2*13-9-;;/t14-,15-,17-,18+,19-,20+,21-,25-,26+,27+;14-,15-,17-,18-,19-,20+,21-,25-,26+,27+;2*8-,9-,10-,11-,12+,13-,16-,17+,18+/m0000/s1. The van der Waals surface area contributed by atoms with Gasteiger partial charge in [0.1, 0.15) is 60.0 Å². The van der Waals surface area contributed by atoms with Crippen LogP contribution in [-0.4, -0.2) is 263 Å². The lowest BCUT2D eigenvalue weighted by atomic mass is 9.71. The summed E-state index contributed by atoms with van der Waals surface area (Å²) in [7, 11) is 0. The summed E-state index contributed by atoms with van der Waals surface area (Å²) >= 11 is 0. The molecular formula is C90H136O34. The minimum Gasteiger partial charge on any atom is -0.459 e. The zero-order chi connectivity index (χ0) is 93.3. The van der Waals surface area contributed by atoms with E-state index in [0.717, 1.165) is 13.8 Å². The fourth-order valence-electron chi connectivity index (χ4n) is 24.0. The smallest absolute Gasteiger partial charge is 0.341 e. The largest absolute Gasteiger partial charge is 0.459 e. The molecule has 0 aromatic carbocycles. The van der Waals surface area contributed by atoms with Gasteiger partial charge >= 0.3 is 59.7 Å². The SMILES string of the molecule is C/C=C(/C)C(=O)O[C@@H]1C[C@H]2[C@@H]([C@H]1C)[C@@H]1OC(=O)[C@@](C)(O)[C@@]1(O)[C@@H](OC(=O)[C@@H](C)CC)C[C@]2(C)OC(C)=O.C/C=C(/C)C(=O)O[C@H]1C[C@H]2[C@@H]([C@H]1C)[C@@H]1OC(=O)[C@@](C)(O)[C@@]1(O)[C@@H](OC(=O)[C@@H](C)CC)C[C@]2(C)OC(C)=O.C[C@@H]1[C@H]2[C@@H]3OC(=O)[C@@]4(C)OC(C)(C)O[C@@H](C[C@](C)(O)[C@H]2C[C@@H]1O)[C@@]34O.C[C@@H]1[C@H]2[C@@H]3OC(=O)[C@@]4(C)OC(C)(C)O[C@@H](C[C@](C)(O)[C@H]2C[C@@H]1O)[C@@]34O. The van der Waals surface area contributed by atoms with Gasteiger partial charge < -0.3 is 117 Å². The van der Waals surface area contributed by atoms with Crippen molar-refractivity contribution in [2.45, 2.75) is 396 Å². The molecule has 0 amide bonds. The van der Waals surface area contributed by atoms with Crippen molar-refractivity contribution in [1.29, 1.82) is 0 Å². The Bertz CT molecular complexity index is 3980. The van der Waals surface area contributed by atoms with Gasteiger partial charge in [-0.15, -0.1) is 0 Å². The molecule has 0 bridgehead atoms. The maximum atomic E-state index is 12.9. The van der Waals surface area contributed by atoms with Gasteiger partial charge in [0.25, 0.3) is 0 Å². The number of esters is 10. The maximum absolute atomic E-state index is 12.9. The Kier molecular flexibility index (Phi) is 26.1. The first-order valence-electron chi connectivity index (χ1n) is 44.0. The highest BCUT2D eigenvalue weighted by Gasteiger charge is 2.83. The normalized spacial score (nSPS) is 49.2. The number of hydrogen-bond donors (Lipinski definition) is 10. The van der Waals surface area contributed by atoms with Crippen LogP contribution in [0.25, 0.3) is 0 Å². The molecule has 124 heavy (non-hydrogen) atoms. The zero-order valence-corrected chi connectivity index (χ0v) is 76.5. The Hall–Kier alpha value is -6.38. The number of aliphatic hydroxyl groups is 10. The van der Waals surface area contributed by atoms with Crippen molar-refractivity contribution in [3.05, 3.63) is 23.3 Å². The highest BCUT2D eigenvalue weighted by Crippen LogP contribution is 2.66. The molecule has 10 N–H and O–H groups in total. The van der Waals surface area contributed by atoms with E-state index in [9.17, 15) is 99.0 Å². The lowest BCUT2D eigenvalue weighted by Crippen LogP contribution is -2.72. The number of hydrogen-bond acceptors (Lipinski definition) is 34. The van der Waals surface area contributed by atoms with Gasteiger partial charge in [0, 0.05) is 98.0 Å². The molecule has 8 aliphatic carbocycles. The van der Waals surface area contributed by atoms with Gasteiger partial charge in [0.2, 0.25) is 0 Å². The van der Waals surface area contributed by atoms with Crippen LogP contribution in [0.1, 0.15) is 244 Å². The van der Waals surface area contributed by atoms with Crippen LogP contribution in [0.5, 0.6) is 0 Å². The van der Waals surface area contributed by atoms with Gasteiger partial charge in [-0.25, -0.2) is 28.8 Å². The number of carbonyl (C=O) groups excluding carboxylic acids is 10. The Balaban J connectivity index is 0.000000163. The number of ether oxygens (including phenoxy) is 14. The highest BCUT2D eigenvalue weighted by molar-refractivity contribution is 5.89. The molecule has 8 saturated carbocycles. The first-order valence-corrected chi connectivity index (χ1v) is 44.0. The van der Waals surface area contributed by atoms with E-state index in [1.165, 1.54) is 27.7 Å². The minimum absolute atomic E-state index is 0.139. The molecule has 14 rings (SSSR count). The second-order valence-corrected chi connectivity index (χ2v) is 40.9. The van der Waals surface area contributed by atoms with Gasteiger partial charge in [0.15, 0.2) is 56.4 Å². The van der Waals surface area contributed by atoms with E-state index in [2.05, 4.69) is 0 Å². The van der Waals surface area contributed by atoms with Gasteiger partial charge in [-0.2, -0.15) is 0 Å². The van der Waals surface area contributed by atoms with Crippen LogP contribution >= 0.6 is 0 Å². The summed E-state index contributed by atoms with van der Waals surface area (Å²) in [6.07, 6.45) is -6.01. The van der Waals surface area contributed by atoms with Crippen LogP contribution < -0.4 is 0 Å². The molecule has 700 valence electrons. The highest BCUT2D eigenvalue weighted by atomic mass is 16.8. The van der Waals surface area contributed by atoms with E-state index >= 15 is 0 Å². The molecular weight excluding hydrogens is 1620 g/mol. The summed E-state index contributed by atoms with van der Waals surface area (Å²) in [4.78, 5) is 127. The van der Waals surface area contributed by atoms with Gasteiger partial charge in [-0.05, 0) is 173 Å². The molecule has 0 radical (unpaired) electrons. The minimum atomic E-state index is -2.42. The Morgan fingerprint density at radius 3 is 1.00 bits per heavy atom. The predicted octanol–water partition coefficient (Wildman–Crippen LogP) is 5.14. The second-order valence-electron chi connectivity index (χ2n) is 40.9. The van der Waals surface area contributed by atoms with Gasteiger partial charge in [-0.1, -0.05) is 67.5 Å². The zero-order valence-electron chi connectivity index (χ0n) is 76.5. The lowest BCUT2D eigenvalue weighted by Gasteiger charge is -2.52. The maximum Gasteiger partial charge on any atom is 0.341 e. The third-order valence-corrected chi connectivity index (χ3v) is 32.0. The molecule has 0 aromatic rings. The average Bonchev–Trinajstić information content (AvgIpc) is 1.52. The molecule has 6 saturated heterocycles. The van der Waals surface area contributed by atoms with Crippen LogP contribution in [-0.2, 0) is 114 Å². The Labute approximate surface area is 724 Å². The van der Waals surface area contributed by atoms with E-state index in [1.54, 1.807) is 137 Å². The van der Waals surface area contributed by atoms with E-state index < -0.39 is 259 Å². The average molecular weight is 1760 g/mol. The molecule has 14 fully saturated rings. The molecule has 0 spiro atoms. The number of carbonyl (C=O) groups is 10. The number of fused-ring (bicyclic) bond motifs is 10. The summed E-state index contributed by atoms with van der Waals surface area (Å²) < 4.78 is 81.2. The van der Waals surface area contributed by atoms with Crippen molar-refractivity contribution in [2.24, 2.45) is 82.9 Å². The Morgan fingerprint density at radius 2 is 0.710 bits per heavy atom. The summed E-state index contributed by atoms with van der Waals surface area (Å²) in [6, 6.07) is 0. The fraction of sp³-hybridized carbons (Fsp3) is 0.844. The monoisotopic (exact) mass is 1760 g/mol. The molecule has 14 aliphatic rings. The second kappa shape index (κ2) is 32.9. The number of aliphatic hydroxyl groups excluding tert-OH is 2. The summed E-state index contributed by atoms with van der Waals surface area (Å²) in [5.74, 6) is -15.2. The third-order valence-electron chi connectivity index (χ3n) is 32.0. The molecule has 6 heterocycles. The van der Waals surface area contributed by atoms with Crippen molar-refractivity contribution >= 4 is 59.7 Å². The summed E-state index contributed by atoms with van der Waals surface area (Å²) in [5, 5.41) is 113.